The molecule has 0 atom stereocenters. The number of amides is 1. The SMILES string of the molecule is CN1CC(Cl)=C(NC(=O)O)C=C1C1=CCNCC1. The van der Waals surface area contributed by atoms with Gasteiger partial charge in [-0.15, -0.1) is 0 Å². The lowest BCUT2D eigenvalue weighted by molar-refractivity contribution is 0.197. The summed E-state index contributed by atoms with van der Waals surface area (Å²) >= 11 is 6.06. The predicted molar refractivity (Wildman–Crippen MR) is 70.3 cm³/mol. The molecule has 1 amide bonds. The highest BCUT2D eigenvalue weighted by Crippen LogP contribution is 2.27. The van der Waals surface area contributed by atoms with Gasteiger partial charge in [-0.3, -0.25) is 5.32 Å². The van der Waals surface area contributed by atoms with Crippen molar-refractivity contribution in [3.8, 4) is 0 Å². The number of rotatable bonds is 2. The molecule has 6 heteroatoms. The average molecular weight is 270 g/mol. The van der Waals surface area contributed by atoms with Crippen molar-refractivity contribution in [1.82, 2.24) is 15.5 Å². The van der Waals surface area contributed by atoms with Crippen molar-refractivity contribution in [2.75, 3.05) is 26.7 Å². The van der Waals surface area contributed by atoms with Gasteiger partial charge < -0.3 is 15.3 Å². The van der Waals surface area contributed by atoms with Crippen molar-refractivity contribution in [3.05, 3.63) is 34.2 Å². The molecular weight excluding hydrogens is 254 g/mol. The van der Waals surface area contributed by atoms with Crippen molar-refractivity contribution in [2.24, 2.45) is 0 Å². The summed E-state index contributed by atoms with van der Waals surface area (Å²) in [5, 5.41) is 14.9. The first-order valence-electron chi connectivity index (χ1n) is 5.79. The van der Waals surface area contributed by atoms with E-state index in [4.69, 9.17) is 16.7 Å². The van der Waals surface area contributed by atoms with E-state index in [2.05, 4.69) is 16.7 Å². The van der Waals surface area contributed by atoms with Crippen molar-refractivity contribution in [1.29, 1.82) is 0 Å². The molecule has 18 heavy (non-hydrogen) atoms. The van der Waals surface area contributed by atoms with Crippen LogP contribution in [-0.2, 0) is 0 Å². The van der Waals surface area contributed by atoms with Crippen LogP contribution in [0.15, 0.2) is 34.2 Å². The summed E-state index contributed by atoms with van der Waals surface area (Å²) in [6.45, 7) is 2.31. The van der Waals surface area contributed by atoms with E-state index in [0.717, 1.165) is 25.2 Å². The maximum atomic E-state index is 10.7. The van der Waals surface area contributed by atoms with Crippen LogP contribution in [0, 0.1) is 0 Å². The summed E-state index contributed by atoms with van der Waals surface area (Å²) < 4.78 is 0. The Hall–Kier alpha value is -1.46. The number of allylic oxidation sites excluding steroid dienone is 2. The van der Waals surface area contributed by atoms with Gasteiger partial charge in [-0.1, -0.05) is 17.7 Å². The van der Waals surface area contributed by atoms with Gasteiger partial charge in [0.1, 0.15) is 0 Å². The summed E-state index contributed by atoms with van der Waals surface area (Å²) in [6.07, 6.45) is 3.77. The van der Waals surface area contributed by atoms with Crippen LogP contribution in [0.3, 0.4) is 0 Å². The minimum absolute atomic E-state index is 0.469. The zero-order chi connectivity index (χ0) is 13.1. The molecule has 98 valence electrons. The second-order valence-corrected chi connectivity index (χ2v) is 4.77. The number of hydrogen-bond acceptors (Lipinski definition) is 3. The minimum atomic E-state index is -1.09. The molecule has 2 heterocycles. The summed E-state index contributed by atoms with van der Waals surface area (Å²) in [5.41, 5.74) is 2.73. The standard InChI is InChI=1S/C12H16ClN3O2/c1-16-7-9(13)10(15-12(17)18)6-11(16)8-2-4-14-5-3-8/h2,6,14-15H,3-5,7H2,1H3,(H,17,18). The lowest BCUT2D eigenvalue weighted by Crippen LogP contribution is -2.32. The summed E-state index contributed by atoms with van der Waals surface area (Å²) in [6, 6.07) is 0. The smallest absolute Gasteiger partial charge is 0.409 e. The Morgan fingerprint density at radius 3 is 3.00 bits per heavy atom. The lowest BCUT2D eigenvalue weighted by Gasteiger charge is -2.30. The number of likely N-dealkylation sites (N-methyl/N-ethyl adjacent to an activating group) is 1. The van der Waals surface area contributed by atoms with Crippen LogP contribution in [0.25, 0.3) is 0 Å². The molecule has 2 aliphatic heterocycles. The topological polar surface area (TPSA) is 64.6 Å². The number of hydrogen-bond donors (Lipinski definition) is 3. The van der Waals surface area contributed by atoms with Crippen molar-refractivity contribution in [2.45, 2.75) is 6.42 Å². The minimum Gasteiger partial charge on any atom is -0.465 e. The van der Waals surface area contributed by atoms with E-state index in [1.807, 2.05) is 11.9 Å². The highest BCUT2D eigenvalue weighted by atomic mass is 35.5. The molecule has 5 nitrogen and oxygen atoms in total. The number of carboxylic acid groups (broad SMARTS) is 1. The Kier molecular flexibility index (Phi) is 3.93. The van der Waals surface area contributed by atoms with Gasteiger partial charge in [-0.2, -0.15) is 0 Å². The Morgan fingerprint density at radius 1 is 1.61 bits per heavy atom. The molecule has 2 rings (SSSR count). The van der Waals surface area contributed by atoms with Crippen molar-refractivity contribution < 1.29 is 9.90 Å². The number of carbonyl (C=O) groups is 1. The van der Waals surface area contributed by atoms with Crippen molar-refractivity contribution >= 4 is 17.7 Å². The summed E-state index contributed by atoms with van der Waals surface area (Å²) in [5.74, 6) is 0. The number of nitrogens with zero attached hydrogens (tertiary/aromatic N) is 1. The Balaban J connectivity index is 2.27. The van der Waals surface area contributed by atoms with Gasteiger partial charge in [0.05, 0.1) is 17.3 Å². The third kappa shape index (κ3) is 2.86. The molecule has 0 aromatic heterocycles. The van der Waals surface area contributed by atoms with E-state index in [9.17, 15) is 4.79 Å². The van der Waals surface area contributed by atoms with Gasteiger partial charge in [0.15, 0.2) is 0 Å². The molecule has 0 bridgehead atoms. The molecule has 0 aliphatic carbocycles. The highest BCUT2D eigenvalue weighted by molar-refractivity contribution is 6.30. The van der Waals surface area contributed by atoms with Crippen LogP contribution in [0.5, 0.6) is 0 Å². The Bertz CT molecular complexity index is 454. The third-order valence-electron chi connectivity index (χ3n) is 3.00. The first kappa shape index (κ1) is 13.0. The predicted octanol–water partition coefficient (Wildman–Crippen LogP) is 1.45. The fourth-order valence-electron chi connectivity index (χ4n) is 2.12. The van der Waals surface area contributed by atoms with E-state index in [0.29, 0.717) is 17.3 Å². The fraction of sp³-hybridized carbons (Fsp3) is 0.417. The second kappa shape index (κ2) is 5.46. The molecule has 0 fully saturated rings. The monoisotopic (exact) mass is 269 g/mol. The average Bonchev–Trinajstić information content (AvgIpc) is 2.33. The lowest BCUT2D eigenvalue weighted by atomic mass is 10.0. The zero-order valence-corrected chi connectivity index (χ0v) is 10.9. The van der Waals surface area contributed by atoms with Crippen LogP contribution in [0.1, 0.15) is 6.42 Å². The van der Waals surface area contributed by atoms with E-state index < -0.39 is 6.09 Å². The van der Waals surface area contributed by atoms with Gasteiger partial charge in [0.25, 0.3) is 0 Å². The van der Waals surface area contributed by atoms with Gasteiger partial charge in [-0.05, 0) is 24.6 Å². The van der Waals surface area contributed by atoms with Crippen LogP contribution < -0.4 is 10.6 Å². The largest absolute Gasteiger partial charge is 0.465 e. The van der Waals surface area contributed by atoms with E-state index in [1.54, 1.807) is 6.08 Å². The highest BCUT2D eigenvalue weighted by Gasteiger charge is 2.20. The molecule has 0 aromatic rings. The Morgan fingerprint density at radius 2 is 2.39 bits per heavy atom. The van der Waals surface area contributed by atoms with Crippen molar-refractivity contribution in [3.63, 3.8) is 0 Å². The summed E-state index contributed by atoms with van der Waals surface area (Å²) in [4.78, 5) is 12.7. The quantitative estimate of drug-likeness (QED) is 0.710. The normalized spacial score (nSPS) is 20.4. The molecule has 0 aromatic carbocycles. The van der Waals surface area contributed by atoms with E-state index in [-0.39, 0.29) is 0 Å². The van der Waals surface area contributed by atoms with E-state index >= 15 is 0 Å². The molecule has 0 saturated heterocycles. The van der Waals surface area contributed by atoms with E-state index in [1.165, 1.54) is 5.57 Å². The molecule has 0 saturated carbocycles. The summed E-state index contributed by atoms with van der Waals surface area (Å²) in [7, 11) is 1.95. The first-order valence-corrected chi connectivity index (χ1v) is 6.17. The van der Waals surface area contributed by atoms with Crippen LogP contribution >= 0.6 is 11.6 Å². The van der Waals surface area contributed by atoms with Gasteiger partial charge >= 0.3 is 6.09 Å². The number of halogens is 1. The third-order valence-corrected chi connectivity index (χ3v) is 3.32. The maximum Gasteiger partial charge on any atom is 0.409 e. The molecule has 0 unspecified atom stereocenters. The maximum absolute atomic E-state index is 10.7. The first-order chi connectivity index (χ1) is 8.58. The second-order valence-electron chi connectivity index (χ2n) is 4.32. The van der Waals surface area contributed by atoms with Gasteiger partial charge in [0.2, 0.25) is 0 Å². The fourth-order valence-corrected chi connectivity index (χ4v) is 2.40. The molecule has 3 N–H and O–H groups in total. The van der Waals surface area contributed by atoms with Gasteiger partial charge in [-0.25, -0.2) is 4.79 Å². The Labute approximate surface area is 111 Å². The number of nitrogens with one attached hydrogen (secondary N) is 2. The van der Waals surface area contributed by atoms with Crippen LogP contribution in [0.2, 0.25) is 0 Å². The van der Waals surface area contributed by atoms with Crippen LogP contribution in [-0.4, -0.2) is 42.8 Å². The van der Waals surface area contributed by atoms with Gasteiger partial charge in [0, 0.05) is 19.3 Å². The molecule has 2 aliphatic rings. The molecule has 0 spiro atoms. The molecule has 0 radical (unpaired) electrons. The zero-order valence-electron chi connectivity index (χ0n) is 10.2. The van der Waals surface area contributed by atoms with Crippen LogP contribution in [0.4, 0.5) is 4.79 Å². The molecular formula is C12H16ClN3O2.